The Kier molecular flexibility index (Phi) is 8.09. The molecule has 1 atom stereocenters. The summed E-state index contributed by atoms with van der Waals surface area (Å²) in [5.41, 5.74) is 1.86. The molecular formula is C22H25NO5. The molecule has 0 aliphatic heterocycles. The van der Waals surface area contributed by atoms with Gasteiger partial charge >= 0.3 is 5.97 Å². The minimum Gasteiger partial charge on any atom is -0.497 e. The van der Waals surface area contributed by atoms with Crippen molar-refractivity contribution in [1.82, 2.24) is 5.32 Å². The lowest BCUT2D eigenvalue weighted by atomic mass is 10.2. The van der Waals surface area contributed by atoms with Gasteiger partial charge in [-0.1, -0.05) is 30.3 Å². The van der Waals surface area contributed by atoms with Crippen molar-refractivity contribution in [3.05, 3.63) is 65.7 Å². The molecule has 1 N–H and O–H groups in total. The average Bonchev–Trinajstić information content (AvgIpc) is 2.71. The Morgan fingerprint density at radius 3 is 2.46 bits per heavy atom. The van der Waals surface area contributed by atoms with Gasteiger partial charge in [0, 0.05) is 6.08 Å². The van der Waals surface area contributed by atoms with E-state index in [1.165, 1.54) is 6.08 Å². The summed E-state index contributed by atoms with van der Waals surface area (Å²) in [5, 5.41) is 2.57. The zero-order valence-corrected chi connectivity index (χ0v) is 16.3. The van der Waals surface area contributed by atoms with Crippen LogP contribution in [-0.4, -0.2) is 38.2 Å². The highest BCUT2D eigenvalue weighted by molar-refractivity contribution is 5.94. The maximum Gasteiger partial charge on any atom is 0.328 e. The number of benzene rings is 2. The van der Waals surface area contributed by atoms with Gasteiger partial charge < -0.3 is 19.5 Å². The van der Waals surface area contributed by atoms with E-state index in [0.717, 1.165) is 22.6 Å². The van der Waals surface area contributed by atoms with Crippen LogP contribution in [0.15, 0.2) is 54.6 Å². The summed E-state index contributed by atoms with van der Waals surface area (Å²) in [7, 11) is 1.59. The molecule has 0 aliphatic rings. The lowest BCUT2D eigenvalue weighted by molar-refractivity contribution is -0.147. The maximum absolute atomic E-state index is 12.0. The van der Waals surface area contributed by atoms with Crippen LogP contribution >= 0.6 is 0 Å². The summed E-state index contributed by atoms with van der Waals surface area (Å²) in [6.07, 6.45) is 3.02. The van der Waals surface area contributed by atoms with Crippen LogP contribution < -0.4 is 14.8 Å². The minimum absolute atomic E-state index is 0.106. The van der Waals surface area contributed by atoms with Crippen molar-refractivity contribution in [2.24, 2.45) is 0 Å². The van der Waals surface area contributed by atoms with Gasteiger partial charge in [-0.2, -0.15) is 0 Å². The van der Waals surface area contributed by atoms with Crippen molar-refractivity contribution in [3.8, 4) is 11.5 Å². The topological polar surface area (TPSA) is 73.9 Å². The number of methoxy groups -OCH3 is 1. The molecule has 0 unspecified atom stereocenters. The summed E-state index contributed by atoms with van der Waals surface area (Å²) in [5.74, 6) is 0.601. The van der Waals surface area contributed by atoms with E-state index < -0.39 is 12.0 Å². The standard InChI is InChI=1S/C22H25NO5/c1-16-6-4-5-7-20(16)27-14-15-28-22(25)17(2)23-21(24)13-10-18-8-11-19(26-3)12-9-18/h4-13,17H,14-15H2,1-3H3,(H,23,24)/b13-10+/t17-/m1/s1. The summed E-state index contributed by atoms with van der Waals surface area (Å²) in [4.78, 5) is 23.9. The molecular weight excluding hydrogens is 358 g/mol. The number of ether oxygens (including phenoxy) is 3. The first-order valence-electron chi connectivity index (χ1n) is 8.97. The van der Waals surface area contributed by atoms with Crippen molar-refractivity contribution < 1.29 is 23.8 Å². The molecule has 2 aromatic rings. The van der Waals surface area contributed by atoms with Crippen LogP contribution in [0.2, 0.25) is 0 Å². The molecule has 0 spiro atoms. The summed E-state index contributed by atoms with van der Waals surface area (Å²) >= 11 is 0. The monoisotopic (exact) mass is 383 g/mol. The number of aryl methyl sites for hydroxylation is 1. The first-order valence-corrected chi connectivity index (χ1v) is 8.97. The van der Waals surface area contributed by atoms with Crippen LogP contribution in [0, 0.1) is 6.92 Å². The van der Waals surface area contributed by atoms with E-state index in [1.807, 2.05) is 43.3 Å². The molecule has 2 aromatic carbocycles. The second-order valence-electron chi connectivity index (χ2n) is 6.12. The molecule has 6 nitrogen and oxygen atoms in total. The van der Waals surface area contributed by atoms with E-state index in [9.17, 15) is 9.59 Å². The van der Waals surface area contributed by atoms with Crippen LogP contribution in [0.5, 0.6) is 11.5 Å². The summed E-state index contributed by atoms with van der Waals surface area (Å²) in [6, 6.07) is 14.1. The SMILES string of the molecule is COc1ccc(/C=C/C(=O)N[C@H](C)C(=O)OCCOc2ccccc2C)cc1. The zero-order valence-electron chi connectivity index (χ0n) is 16.3. The van der Waals surface area contributed by atoms with E-state index in [2.05, 4.69) is 5.32 Å². The Balaban J connectivity index is 1.71. The first kappa shape index (κ1) is 21.0. The second-order valence-corrected chi connectivity index (χ2v) is 6.12. The fourth-order valence-corrected chi connectivity index (χ4v) is 2.34. The predicted octanol–water partition coefficient (Wildman–Crippen LogP) is 3.14. The van der Waals surface area contributed by atoms with Gasteiger partial charge in [-0.3, -0.25) is 4.79 Å². The molecule has 2 rings (SSSR count). The van der Waals surface area contributed by atoms with Crippen LogP contribution in [0.3, 0.4) is 0 Å². The van der Waals surface area contributed by atoms with Crippen LogP contribution in [0.4, 0.5) is 0 Å². The Morgan fingerprint density at radius 2 is 1.79 bits per heavy atom. The Morgan fingerprint density at radius 1 is 1.07 bits per heavy atom. The van der Waals surface area contributed by atoms with Gasteiger partial charge in [0.1, 0.15) is 30.8 Å². The molecule has 0 saturated carbocycles. The molecule has 148 valence electrons. The number of esters is 1. The zero-order chi connectivity index (χ0) is 20.4. The highest BCUT2D eigenvalue weighted by Crippen LogP contribution is 2.15. The molecule has 0 radical (unpaired) electrons. The lowest BCUT2D eigenvalue weighted by Gasteiger charge is -2.13. The van der Waals surface area contributed by atoms with Gasteiger partial charge in [0.05, 0.1) is 7.11 Å². The van der Waals surface area contributed by atoms with Gasteiger partial charge in [0.15, 0.2) is 0 Å². The van der Waals surface area contributed by atoms with Crippen LogP contribution in [-0.2, 0) is 14.3 Å². The normalized spacial score (nSPS) is 11.7. The van der Waals surface area contributed by atoms with Gasteiger partial charge in [0.25, 0.3) is 0 Å². The van der Waals surface area contributed by atoms with E-state index in [4.69, 9.17) is 14.2 Å². The molecule has 1 amide bonds. The smallest absolute Gasteiger partial charge is 0.328 e. The van der Waals surface area contributed by atoms with Gasteiger partial charge in [-0.15, -0.1) is 0 Å². The van der Waals surface area contributed by atoms with Crippen molar-refractivity contribution in [2.75, 3.05) is 20.3 Å². The molecule has 0 aliphatic carbocycles. The third-order valence-electron chi connectivity index (χ3n) is 3.93. The Bertz CT molecular complexity index is 814. The number of amides is 1. The van der Waals surface area contributed by atoms with Crippen LogP contribution in [0.1, 0.15) is 18.1 Å². The molecule has 0 fully saturated rings. The quantitative estimate of drug-likeness (QED) is 0.409. The number of rotatable bonds is 9. The predicted molar refractivity (Wildman–Crippen MR) is 107 cm³/mol. The number of para-hydroxylation sites is 1. The first-order chi connectivity index (χ1) is 13.5. The molecule has 0 bridgehead atoms. The van der Waals surface area contributed by atoms with E-state index in [-0.39, 0.29) is 19.1 Å². The van der Waals surface area contributed by atoms with Crippen LogP contribution in [0.25, 0.3) is 6.08 Å². The van der Waals surface area contributed by atoms with Crippen molar-refractivity contribution in [1.29, 1.82) is 0 Å². The lowest BCUT2D eigenvalue weighted by Crippen LogP contribution is -2.39. The number of hydrogen-bond donors (Lipinski definition) is 1. The van der Waals surface area contributed by atoms with Crippen molar-refractivity contribution >= 4 is 18.0 Å². The number of carbonyl (C=O) groups excluding carboxylic acids is 2. The highest BCUT2D eigenvalue weighted by atomic mass is 16.6. The Labute approximate surface area is 165 Å². The maximum atomic E-state index is 12.0. The van der Waals surface area contributed by atoms with E-state index >= 15 is 0 Å². The molecule has 0 aromatic heterocycles. The average molecular weight is 383 g/mol. The van der Waals surface area contributed by atoms with Gasteiger partial charge in [-0.25, -0.2) is 4.79 Å². The van der Waals surface area contributed by atoms with Crippen molar-refractivity contribution in [2.45, 2.75) is 19.9 Å². The highest BCUT2D eigenvalue weighted by Gasteiger charge is 2.15. The Hall–Kier alpha value is -3.28. The largest absolute Gasteiger partial charge is 0.497 e. The van der Waals surface area contributed by atoms with E-state index in [1.54, 1.807) is 32.2 Å². The van der Waals surface area contributed by atoms with Crippen molar-refractivity contribution in [3.63, 3.8) is 0 Å². The fraction of sp³-hybridized carbons (Fsp3) is 0.273. The third kappa shape index (κ3) is 6.79. The number of hydrogen-bond acceptors (Lipinski definition) is 5. The number of carbonyl (C=O) groups is 2. The molecule has 0 heterocycles. The summed E-state index contributed by atoms with van der Waals surface area (Å²) in [6.45, 7) is 3.87. The molecule has 0 saturated heterocycles. The molecule has 6 heteroatoms. The van der Waals surface area contributed by atoms with E-state index in [0.29, 0.717) is 0 Å². The summed E-state index contributed by atoms with van der Waals surface area (Å²) < 4.78 is 15.8. The number of nitrogens with one attached hydrogen (secondary N) is 1. The third-order valence-corrected chi connectivity index (χ3v) is 3.93. The van der Waals surface area contributed by atoms with Gasteiger partial charge in [0.2, 0.25) is 5.91 Å². The fourth-order valence-electron chi connectivity index (χ4n) is 2.34. The minimum atomic E-state index is -0.758. The van der Waals surface area contributed by atoms with Gasteiger partial charge in [-0.05, 0) is 49.2 Å². The second kappa shape index (κ2) is 10.8. The molecule has 28 heavy (non-hydrogen) atoms.